The Labute approximate surface area is 168 Å². The van der Waals surface area contributed by atoms with Gasteiger partial charge in [-0.15, -0.1) is 0 Å². The van der Waals surface area contributed by atoms with Crippen LogP contribution in [0, 0.1) is 5.92 Å². The number of carbonyl (C=O) groups is 1. The second-order valence-electron chi connectivity index (χ2n) is 7.85. The second kappa shape index (κ2) is 7.29. The summed E-state index contributed by atoms with van der Waals surface area (Å²) < 4.78 is 7.80. The van der Waals surface area contributed by atoms with E-state index in [-0.39, 0.29) is 5.92 Å². The largest absolute Gasteiger partial charge is 0.353 e. The van der Waals surface area contributed by atoms with Crippen molar-refractivity contribution in [2.24, 2.45) is 13.0 Å². The first-order valence-electron chi connectivity index (χ1n) is 10.1. The van der Waals surface area contributed by atoms with Crippen LogP contribution in [0.1, 0.15) is 28.9 Å². The van der Waals surface area contributed by atoms with Gasteiger partial charge in [-0.3, -0.25) is 14.4 Å². The average Bonchev–Trinajstić information content (AvgIpc) is 3.32. The van der Waals surface area contributed by atoms with Crippen molar-refractivity contribution in [1.82, 2.24) is 19.1 Å². The van der Waals surface area contributed by atoms with Gasteiger partial charge in [0.1, 0.15) is 5.82 Å². The van der Waals surface area contributed by atoms with Gasteiger partial charge >= 0.3 is 0 Å². The maximum absolute atomic E-state index is 12.7. The fourth-order valence-corrected chi connectivity index (χ4v) is 5.32. The molecule has 1 saturated heterocycles. The molecule has 3 heterocycles. The molecule has 146 valence electrons. The molecule has 2 aliphatic rings. The van der Waals surface area contributed by atoms with Crippen LogP contribution in [-0.2, 0) is 13.5 Å². The van der Waals surface area contributed by atoms with Crippen molar-refractivity contribution in [2.75, 3.05) is 37.6 Å². The van der Waals surface area contributed by atoms with Gasteiger partial charge < -0.3 is 4.90 Å². The van der Waals surface area contributed by atoms with Crippen molar-refractivity contribution in [2.45, 2.75) is 19.3 Å². The number of fused-ring (bicyclic) bond motifs is 2. The highest BCUT2D eigenvalue weighted by Gasteiger charge is 2.30. The molecule has 1 aliphatic heterocycles. The molecule has 0 amide bonds. The number of aryl methyl sites for hydroxylation is 1. The minimum Gasteiger partial charge on any atom is -0.353 e. The lowest BCUT2D eigenvalue weighted by molar-refractivity contribution is 0.0880. The number of nitrogens with zero attached hydrogens (tertiary/aromatic N) is 5. The molecule has 2 aromatic heterocycles. The Balaban J connectivity index is 1.17. The number of piperazine rings is 1. The minimum atomic E-state index is 0.150. The summed E-state index contributed by atoms with van der Waals surface area (Å²) in [6.07, 6.45) is 4.62. The van der Waals surface area contributed by atoms with E-state index in [4.69, 9.17) is 4.37 Å². The molecule has 0 radical (unpaired) electrons. The van der Waals surface area contributed by atoms with Crippen molar-refractivity contribution < 1.29 is 4.79 Å². The Morgan fingerprint density at radius 1 is 1.18 bits per heavy atom. The molecule has 0 N–H and O–H groups in total. The third kappa shape index (κ3) is 3.12. The number of aromatic nitrogens is 3. The third-order valence-corrected chi connectivity index (χ3v) is 7.07. The highest BCUT2D eigenvalue weighted by atomic mass is 32.1. The fourth-order valence-electron chi connectivity index (χ4n) is 4.52. The molecule has 5 rings (SSSR count). The predicted octanol–water partition coefficient (Wildman–Crippen LogP) is 2.99. The summed E-state index contributed by atoms with van der Waals surface area (Å²) in [5, 5.41) is 5.53. The van der Waals surface area contributed by atoms with E-state index in [1.807, 2.05) is 11.7 Å². The van der Waals surface area contributed by atoms with Crippen LogP contribution >= 0.6 is 11.5 Å². The molecule has 28 heavy (non-hydrogen) atoms. The quantitative estimate of drug-likeness (QED) is 0.680. The number of ketones is 1. The summed E-state index contributed by atoms with van der Waals surface area (Å²) in [5.74, 6) is 1.57. The third-order valence-electron chi connectivity index (χ3n) is 6.25. The van der Waals surface area contributed by atoms with Gasteiger partial charge in [-0.1, -0.05) is 12.1 Å². The van der Waals surface area contributed by atoms with E-state index < -0.39 is 0 Å². The first-order chi connectivity index (χ1) is 13.7. The Morgan fingerprint density at radius 2 is 2.00 bits per heavy atom. The number of hydrogen-bond acceptors (Lipinski definition) is 6. The summed E-state index contributed by atoms with van der Waals surface area (Å²) in [6, 6.07) is 8.47. The van der Waals surface area contributed by atoms with Gasteiger partial charge in [-0.05, 0) is 49.5 Å². The maximum Gasteiger partial charge on any atom is 0.169 e. The van der Waals surface area contributed by atoms with Gasteiger partial charge in [0.2, 0.25) is 0 Å². The van der Waals surface area contributed by atoms with Crippen molar-refractivity contribution in [3.63, 3.8) is 0 Å². The zero-order chi connectivity index (χ0) is 19.1. The van der Waals surface area contributed by atoms with E-state index >= 15 is 0 Å². The van der Waals surface area contributed by atoms with Crippen molar-refractivity contribution in [3.05, 3.63) is 41.7 Å². The molecule has 1 aromatic carbocycles. The van der Waals surface area contributed by atoms with Gasteiger partial charge in [-0.2, -0.15) is 9.47 Å². The Hall–Kier alpha value is -2.25. The van der Waals surface area contributed by atoms with Crippen LogP contribution in [0.4, 0.5) is 5.82 Å². The highest BCUT2D eigenvalue weighted by molar-refractivity contribution is 7.13. The Morgan fingerprint density at radius 3 is 2.86 bits per heavy atom. The number of hydrogen-bond donors (Lipinski definition) is 0. The molecule has 0 saturated carbocycles. The lowest BCUT2D eigenvalue weighted by Crippen LogP contribution is -2.47. The lowest BCUT2D eigenvalue weighted by atomic mass is 9.84. The van der Waals surface area contributed by atoms with Gasteiger partial charge in [0, 0.05) is 50.2 Å². The second-order valence-corrected chi connectivity index (χ2v) is 8.65. The van der Waals surface area contributed by atoms with Crippen LogP contribution in [0.15, 0.2) is 30.5 Å². The summed E-state index contributed by atoms with van der Waals surface area (Å²) in [7, 11) is 1.93. The summed E-state index contributed by atoms with van der Waals surface area (Å²) in [6.45, 7) is 5.06. The van der Waals surface area contributed by atoms with Crippen LogP contribution in [0.5, 0.6) is 0 Å². The van der Waals surface area contributed by atoms with Crippen molar-refractivity contribution in [3.8, 4) is 0 Å². The van der Waals surface area contributed by atoms with Gasteiger partial charge in [-0.25, -0.2) is 0 Å². The van der Waals surface area contributed by atoms with E-state index in [9.17, 15) is 4.79 Å². The first kappa shape index (κ1) is 17.8. The van der Waals surface area contributed by atoms with E-state index in [1.54, 1.807) is 17.7 Å². The summed E-state index contributed by atoms with van der Waals surface area (Å²) in [5.41, 5.74) is 1.95. The number of Topliss-reactive ketones (excluding diaryl/α,β-unsaturated/α-hetero) is 1. The Bertz CT molecular complexity index is 1000. The molecule has 1 fully saturated rings. The normalized spacial score (nSPS) is 20.7. The van der Waals surface area contributed by atoms with Crippen LogP contribution in [0.3, 0.4) is 0 Å². The summed E-state index contributed by atoms with van der Waals surface area (Å²) in [4.78, 5) is 17.7. The van der Waals surface area contributed by atoms with Crippen LogP contribution < -0.4 is 4.90 Å². The zero-order valence-electron chi connectivity index (χ0n) is 16.2. The monoisotopic (exact) mass is 395 g/mol. The van der Waals surface area contributed by atoms with Crippen LogP contribution in [-0.4, -0.2) is 57.6 Å². The van der Waals surface area contributed by atoms with Gasteiger partial charge in [0.15, 0.2) is 5.78 Å². The predicted molar refractivity (Wildman–Crippen MR) is 112 cm³/mol. The van der Waals surface area contributed by atoms with E-state index in [0.29, 0.717) is 5.78 Å². The van der Waals surface area contributed by atoms with Crippen LogP contribution in [0.25, 0.3) is 10.1 Å². The Kier molecular flexibility index (Phi) is 4.64. The molecular weight excluding hydrogens is 370 g/mol. The maximum atomic E-state index is 12.7. The molecule has 1 aliphatic carbocycles. The van der Waals surface area contributed by atoms with E-state index in [0.717, 1.165) is 69.1 Å². The van der Waals surface area contributed by atoms with Crippen molar-refractivity contribution >= 4 is 33.2 Å². The van der Waals surface area contributed by atoms with Crippen LogP contribution in [0.2, 0.25) is 0 Å². The molecular formula is C21H25N5OS. The van der Waals surface area contributed by atoms with Gasteiger partial charge in [0.25, 0.3) is 0 Å². The number of rotatable bonds is 4. The SMILES string of the molecule is Cn1ncc2c1CCC(CCN1CCN(c3nsc4ccccc34)CC1)C2=O. The fraction of sp³-hybridized carbons (Fsp3) is 0.476. The number of carbonyl (C=O) groups excluding carboxylic acids is 1. The topological polar surface area (TPSA) is 54.3 Å². The minimum absolute atomic E-state index is 0.150. The molecule has 7 heteroatoms. The standard InChI is InChI=1S/C21H25N5OS/c1-24-18-7-6-15(20(27)17(18)14-22-24)8-9-25-10-12-26(13-11-25)21-16-4-2-3-5-19(16)28-23-21/h2-5,14-15H,6-13H2,1H3. The highest BCUT2D eigenvalue weighted by Crippen LogP contribution is 2.30. The molecule has 0 spiro atoms. The zero-order valence-corrected chi connectivity index (χ0v) is 17.0. The first-order valence-corrected chi connectivity index (χ1v) is 10.8. The number of benzene rings is 1. The molecule has 0 bridgehead atoms. The van der Waals surface area contributed by atoms with Crippen molar-refractivity contribution in [1.29, 1.82) is 0 Å². The van der Waals surface area contributed by atoms with E-state index in [1.165, 1.54) is 10.1 Å². The molecule has 6 nitrogen and oxygen atoms in total. The molecule has 1 atom stereocenters. The van der Waals surface area contributed by atoms with E-state index in [2.05, 4.69) is 39.2 Å². The number of anilines is 1. The summed E-state index contributed by atoms with van der Waals surface area (Å²) >= 11 is 1.58. The lowest BCUT2D eigenvalue weighted by Gasteiger charge is -2.35. The molecule has 3 aromatic rings. The molecule has 1 unspecified atom stereocenters. The smallest absolute Gasteiger partial charge is 0.169 e. The van der Waals surface area contributed by atoms with Gasteiger partial charge in [0.05, 0.1) is 16.5 Å². The average molecular weight is 396 g/mol.